The van der Waals surface area contributed by atoms with Crippen LogP contribution in [0.1, 0.15) is 31.2 Å². The highest BCUT2D eigenvalue weighted by molar-refractivity contribution is 6.33. The second kappa shape index (κ2) is 5.61. The molecule has 0 saturated heterocycles. The molecule has 0 radical (unpaired) electrons. The summed E-state index contributed by atoms with van der Waals surface area (Å²) in [5.74, 6) is -0.835. The molecule has 0 aliphatic heterocycles. The highest BCUT2D eigenvalue weighted by Crippen LogP contribution is 2.29. The van der Waals surface area contributed by atoms with Crippen LogP contribution in [-0.2, 0) is 4.79 Å². The molecule has 98 valence electrons. The zero-order valence-corrected chi connectivity index (χ0v) is 11.2. The lowest BCUT2D eigenvalue weighted by atomic mass is 9.86. The van der Waals surface area contributed by atoms with E-state index in [0.717, 1.165) is 36.4 Å². The second-order valence-electron chi connectivity index (χ2n) is 5.01. The Kier molecular flexibility index (Phi) is 4.12. The molecule has 1 aromatic carbocycles. The standard InChI is InChI=1S/C14H18ClNO2/c1-9-2-7-12(15)13(8-9)16-11-5-3-10(4-6-11)14(17)18/h2,7-8,10-11,16H,3-6H2,1H3,(H,17,18). The second-order valence-corrected chi connectivity index (χ2v) is 5.42. The number of aryl methyl sites for hydroxylation is 1. The van der Waals surface area contributed by atoms with Crippen molar-refractivity contribution in [2.45, 2.75) is 38.6 Å². The third-order valence-electron chi connectivity index (χ3n) is 3.56. The van der Waals surface area contributed by atoms with Crippen molar-refractivity contribution in [1.82, 2.24) is 0 Å². The van der Waals surface area contributed by atoms with Crippen molar-refractivity contribution in [3.8, 4) is 0 Å². The van der Waals surface area contributed by atoms with Crippen LogP contribution in [0.3, 0.4) is 0 Å². The van der Waals surface area contributed by atoms with Gasteiger partial charge in [-0.15, -0.1) is 0 Å². The van der Waals surface area contributed by atoms with Crippen LogP contribution in [-0.4, -0.2) is 17.1 Å². The number of carboxylic acids is 1. The fourth-order valence-electron chi connectivity index (χ4n) is 2.45. The molecule has 0 aromatic heterocycles. The van der Waals surface area contributed by atoms with E-state index in [1.54, 1.807) is 0 Å². The van der Waals surface area contributed by atoms with Crippen molar-refractivity contribution in [3.05, 3.63) is 28.8 Å². The van der Waals surface area contributed by atoms with Gasteiger partial charge in [-0.1, -0.05) is 17.7 Å². The topological polar surface area (TPSA) is 49.3 Å². The molecule has 1 aromatic rings. The molecule has 2 N–H and O–H groups in total. The summed E-state index contributed by atoms with van der Waals surface area (Å²) in [5.41, 5.74) is 2.12. The summed E-state index contributed by atoms with van der Waals surface area (Å²) in [4.78, 5) is 10.9. The van der Waals surface area contributed by atoms with Crippen LogP contribution < -0.4 is 5.32 Å². The molecule has 4 heteroatoms. The Morgan fingerprint density at radius 1 is 1.33 bits per heavy atom. The lowest BCUT2D eigenvalue weighted by molar-refractivity contribution is -0.142. The summed E-state index contributed by atoms with van der Waals surface area (Å²) < 4.78 is 0. The van der Waals surface area contributed by atoms with Crippen LogP contribution >= 0.6 is 11.6 Å². The van der Waals surface area contributed by atoms with Crippen molar-refractivity contribution >= 4 is 23.3 Å². The zero-order chi connectivity index (χ0) is 13.1. The van der Waals surface area contributed by atoms with Crippen molar-refractivity contribution in [2.24, 2.45) is 5.92 Å². The number of nitrogens with one attached hydrogen (secondary N) is 1. The molecule has 1 aliphatic rings. The number of hydrogen-bond acceptors (Lipinski definition) is 2. The van der Waals surface area contributed by atoms with Crippen LogP contribution in [0.4, 0.5) is 5.69 Å². The predicted octanol–water partition coefficient (Wildman–Crippen LogP) is 3.70. The van der Waals surface area contributed by atoms with E-state index in [0.29, 0.717) is 6.04 Å². The number of hydrogen-bond donors (Lipinski definition) is 2. The van der Waals surface area contributed by atoms with Gasteiger partial charge in [-0.25, -0.2) is 0 Å². The van der Waals surface area contributed by atoms with Gasteiger partial charge in [0.15, 0.2) is 0 Å². The van der Waals surface area contributed by atoms with Crippen LogP contribution in [0.15, 0.2) is 18.2 Å². The van der Waals surface area contributed by atoms with Crippen molar-refractivity contribution in [3.63, 3.8) is 0 Å². The molecule has 2 rings (SSSR count). The van der Waals surface area contributed by atoms with Crippen LogP contribution in [0, 0.1) is 12.8 Å². The summed E-state index contributed by atoms with van der Waals surface area (Å²) in [5, 5.41) is 13.1. The Bertz CT molecular complexity index is 439. The minimum atomic E-state index is -0.665. The largest absolute Gasteiger partial charge is 0.481 e. The number of carboxylic acid groups (broad SMARTS) is 1. The van der Waals surface area contributed by atoms with E-state index in [1.807, 2.05) is 25.1 Å². The van der Waals surface area contributed by atoms with Crippen molar-refractivity contribution in [1.29, 1.82) is 0 Å². The van der Waals surface area contributed by atoms with Gasteiger partial charge in [0.1, 0.15) is 0 Å². The van der Waals surface area contributed by atoms with Gasteiger partial charge in [0.25, 0.3) is 0 Å². The maximum absolute atomic E-state index is 10.9. The Hall–Kier alpha value is -1.22. The minimum Gasteiger partial charge on any atom is -0.481 e. The molecule has 0 bridgehead atoms. The number of halogens is 1. The molecule has 0 spiro atoms. The highest BCUT2D eigenvalue weighted by atomic mass is 35.5. The SMILES string of the molecule is Cc1ccc(Cl)c(NC2CCC(C(=O)O)CC2)c1. The first-order valence-electron chi connectivity index (χ1n) is 6.32. The number of rotatable bonds is 3. The van der Waals surface area contributed by atoms with Gasteiger partial charge in [-0.2, -0.15) is 0 Å². The number of carbonyl (C=O) groups is 1. The molecule has 1 fully saturated rings. The summed E-state index contributed by atoms with van der Waals surface area (Å²) in [6.45, 7) is 2.03. The van der Waals surface area contributed by atoms with Crippen LogP contribution in [0.5, 0.6) is 0 Å². The van der Waals surface area contributed by atoms with Gasteiger partial charge in [-0.3, -0.25) is 4.79 Å². The van der Waals surface area contributed by atoms with E-state index in [1.165, 1.54) is 5.56 Å². The van der Waals surface area contributed by atoms with E-state index in [9.17, 15) is 4.79 Å². The molecule has 0 unspecified atom stereocenters. The quantitative estimate of drug-likeness (QED) is 0.878. The monoisotopic (exact) mass is 267 g/mol. The number of anilines is 1. The van der Waals surface area contributed by atoms with E-state index in [2.05, 4.69) is 5.32 Å². The van der Waals surface area contributed by atoms with Gasteiger partial charge >= 0.3 is 5.97 Å². The summed E-state index contributed by atoms with van der Waals surface area (Å²) in [6, 6.07) is 6.24. The number of aliphatic carboxylic acids is 1. The van der Waals surface area contributed by atoms with Crippen LogP contribution in [0.2, 0.25) is 5.02 Å². The first-order valence-corrected chi connectivity index (χ1v) is 6.69. The molecular formula is C14H18ClNO2. The fraction of sp³-hybridized carbons (Fsp3) is 0.500. The molecule has 1 aliphatic carbocycles. The van der Waals surface area contributed by atoms with E-state index < -0.39 is 5.97 Å². The van der Waals surface area contributed by atoms with Gasteiger partial charge in [-0.05, 0) is 50.3 Å². The molecule has 0 amide bonds. The molecule has 3 nitrogen and oxygen atoms in total. The first kappa shape index (κ1) is 13.2. The van der Waals surface area contributed by atoms with Crippen LogP contribution in [0.25, 0.3) is 0 Å². The highest BCUT2D eigenvalue weighted by Gasteiger charge is 2.25. The maximum atomic E-state index is 10.9. The maximum Gasteiger partial charge on any atom is 0.306 e. The minimum absolute atomic E-state index is 0.170. The Morgan fingerprint density at radius 2 is 2.00 bits per heavy atom. The first-order chi connectivity index (χ1) is 8.56. The van der Waals surface area contributed by atoms with Crippen molar-refractivity contribution in [2.75, 3.05) is 5.32 Å². The average molecular weight is 268 g/mol. The smallest absolute Gasteiger partial charge is 0.306 e. The van der Waals surface area contributed by atoms with E-state index in [4.69, 9.17) is 16.7 Å². The Labute approximate surface area is 112 Å². The van der Waals surface area contributed by atoms with Crippen molar-refractivity contribution < 1.29 is 9.90 Å². The lowest BCUT2D eigenvalue weighted by Gasteiger charge is -2.28. The molecule has 1 saturated carbocycles. The van der Waals surface area contributed by atoms with E-state index in [-0.39, 0.29) is 5.92 Å². The summed E-state index contributed by atoms with van der Waals surface area (Å²) >= 11 is 6.14. The summed E-state index contributed by atoms with van der Waals surface area (Å²) in [7, 11) is 0. The Morgan fingerprint density at radius 3 is 2.61 bits per heavy atom. The van der Waals surface area contributed by atoms with Gasteiger partial charge in [0.05, 0.1) is 16.6 Å². The van der Waals surface area contributed by atoms with E-state index >= 15 is 0 Å². The molecular weight excluding hydrogens is 250 g/mol. The summed E-state index contributed by atoms with van der Waals surface area (Å²) in [6.07, 6.45) is 3.27. The predicted molar refractivity (Wildman–Crippen MR) is 73.2 cm³/mol. The third-order valence-corrected chi connectivity index (χ3v) is 3.89. The normalized spacial score (nSPS) is 23.7. The molecule has 0 atom stereocenters. The molecule has 18 heavy (non-hydrogen) atoms. The number of benzene rings is 1. The van der Waals surface area contributed by atoms with Gasteiger partial charge in [0, 0.05) is 6.04 Å². The lowest BCUT2D eigenvalue weighted by Crippen LogP contribution is -2.29. The molecule has 0 heterocycles. The third kappa shape index (κ3) is 3.16. The van der Waals surface area contributed by atoms with Gasteiger partial charge in [0.2, 0.25) is 0 Å². The zero-order valence-electron chi connectivity index (χ0n) is 10.4. The average Bonchev–Trinajstić information content (AvgIpc) is 2.34. The Balaban J connectivity index is 1.95. The van der Waals surface area contributed by atoms with Gasteiger partial charge < -0.3 is 10.4 Å². The fourth-order valence-corrected chi connectivity index (χ4v) is 2.63.